The minimum absolute atomic E-state index is 0.350. The monoisotopic (exact) mass is 246 g/mol. The molecule has 1 rings (SSSR count). The van der Waals surface area contributed by atoms with Gasteiger partial charge in [0.25, 0.3) is 0 Å². The lowest BCUT2D eigenvalue weighted by Crippen LogP contribution is -2.12. The van der Waals surface area contributed by atoms with Crippen LogP contribution in [0.3, 0.4) is 0 Å². The van der Waals surface area contributed by atoms with Crippen molar-refractivity contribution in [3.63, 3.8) is 0 Å². The van der Waals surface area contributed by atoms with Gasteiger partial charge in [-0.3, -0.25) is 0 Å². The van der Waals surface area contributed by atoms with Gasteiger partial charge in [0.15, 0.2) is 0 Å². The van der Waals surface area contributed by atoms with Gasteiger partial charge in [0, 0.05) is 19.2 Å². The van der Waals surface area contributed by atoms with Gasteiger partial charge in [-0.05, 0) is 31.9 Å². The summed E-state index contributed by atoms with van der Waals surface area (Å²) >= 11 is 0. The lowest BCUT2D eigenvalue weighted by atomic mass is 10.2. The molecule has 0 aliphatic carbocycles. The van der Waals surface area contributed by atoms with Gasteiger partial charge in [0.2, 0.25) is 0 Å². The third-order valence-corrected chi connectivity index (χ3v) is 2.34. The molecule has 0 aliphatic heterocycles. The molecule has 0 saturated carbocycles. The molecule has 0 unspecified atom stereocenters. The number of pyridine rings is 1. The van der Waals surface area contributed by atoms with Crippen LogP contribution in [0, 0.1) is 12.3 Å². The smallest absolute Gasteiger partial charge is 0.341 e. The maximum absolute atomic E-state index is 11.7. The second-order valence-corrected chi connectivity index (χ2v) is 3.71. The molecule has 1 heterocycles. The van der Waals surface area contributed by atoms with Crippen LogP contribution in [0.2, 0.25) is 0 Å². The number of aromatic nitrogens is 1. The van der Waals surface area contributed by atoms with Gasteiger partial charge in [-0.2, -0.15) is 0 Å². The molecule has 0 fully saturated rings. The largest absolute Gasteiger partial charge is 0.462 e. The fourth-order valence-electron chi connectivity index (χ4n) is 1.48. The first-order valence-electron chi connectivity index (χ1n) is 6.09. The van der Waals surface area contributed by atoms with E-state index in [9.17, 15) is 4.79 Å². The van der Waals surface area contributed by atoms with Crippen LogP contribution in [-0.4, -0.2) is 24.1 Å². The van der Waals surface area contributed by atoms with Crippen LogP contribution in [0.1, 0.15) is 36.5 Å². The number of anilines is 1. The lowest BCUT2D eigenvalue weighted by Gasteiger charge is -2.09. The van der Waals surface area contributed by atoms with Gasteiger partial charge in [-0.1, -0.05) is 0 Å². The first kappa shape index (κ1) is 14.0. The van der Waals surface area contributed by atoms with Crippen molar-refractivity contribution < 1.29 is 9.53 Å². The average molecular weight is 246 g/mol. The average Bonchev–Trinajstić information content (AvgIpc) is 2.39. The Balaban J connectivity index is 2.54. The fraction of sp³-hybridized carbons (Fsp3) is 0.429. The molecule has 0 aromatic carbocycles. The number of nitrogens with zero attached hydrogens (tertiary/aromatic N) is 1. The van der Waals surface area contributed by atoms with Crippen LogP contribution in [-0.2, 0) is 4.74 Å². The Morgan fingerprint density at radius 1 is 1.56 bits per heavy atom. The number of hydrogen-bond donors (Lipinski definition) is 1. The van der Waals surface area contributed by atoms with E-state index in [-0.39, 0.29) is 5.97 Å². The Hall–Kier alpha value is -2.02. The summed E-state index contributed by atoms with van der Waals surface area (Å²) in [6.07, 6.45) is 9.50. The van der Waals surface area contributed by atoms with Crippen molar-refractivity contribution in [2.45, 2.75) is 26.2 Å². The molecule has 0 radical (unpaired) electrons. The predicted octanol–water partition coefficient (Wildman–Crippen LogP) is 2.47. The van der Waals surface area contributed by atoms with Crippen LogP contribution in [0.4, 0.5) is 5.82 Å². The van der Waals surface area contributed by atoms with E-state index in [0.717, 1.165) is 25.8 Å². The summed E-state index contributed by atoms with van der Waals surface area (Å²) in [5.74, 6) is 2.81. The van der Waals surface area contributed by atoms with Crippen LogP contribution in [0.15, 0.2) is 18.3 Å². The highest BCUT2D eigenvalue weighted by molar-refractivity contribution is 5.94. The van der Waals surface area contributed by atoms with Gasteiger partial charge in [0.1, 0.15) is 11.4 Å². The Kier molecular flexibility index (Phi) is 6.34. The van der Waals surface area contributed by atoms with Crippen LogP contribution < -0.4 is 5.32 Å². The van der Waals surface area contributed by atoms with E-state index in [2.05, 4.69) is 16.2 Å². The van der Waals surface area contributed by atoms with Crippen molar-refractivity contribution >= 4 is 11.8 Å². The number of terminal acetylenes is 1. The highest BCUT2D eigenvalue weighted by atomic mass is 16.5. The van der Waals surface area contributed by atoms with E-state index >= 15 is 0 Å². The molecule has 4 nitrogen and oxygen atoms in total. The summed E-state index contributed by atoms with van der Waals surface area (Å²) in [5.41, 5.74) is 0.469. The van der Waals surface area contributed by atoms with Gasteiger partial charge >= 0.3 is 5.97 Å². The molecule has 0 spiro atoms. The quantitative estimate of drug-likeness (QED) is 0.456. The topological polar surface area (TPSA) is 51.2 Å². The number of unbranched alkanes of at least 4 members (excludes halogenated alkanes) is 2. The summed E-state index contributed by atoms with van der Waals surface area (Å²) in [4.78, 5) is 15.8. The Labute approximate surface area is 108 Å². The number of carbonyl (C=O) groups is 1. The van der Waals surface area contributed by atoms with E-state index < -0.39 is 0 Å². The molecule has 1 N–H and O–H groups in total. The van der Waals surface area contributed by atoms with E-state index in [1.54, 1.807) is 25.3 Å². The zero-order valence-electron chi connectivity index (χ0n) is 10.6. The van der Waals surface area contributed by atoms with Gasteiger partial charge in [-0.25, -0.2) is 9.78 Å². The first-order valence-corrected chi connectivity index (χ1v) is 6.09. The molecular weight excluding hydrogens is 228 g/mol. The Morgan fingerprint density at radius 3 is 3.11 bits per heavy atom. The van der Waals surface area contributed by atoms with Crippen LogP contribution in [0.5, 0.6) is 0 Å². The van der Waals surface area contributed by atoms with E-state index in [4.69, 9.17) is 11.2 Å². The van der Waals surface area contributed by atoms with Crippen molar-refractivity contribution in [3.8, 4) is 12.3 Å². The van der Waals surface area contributed by atoms with Gasteiger partial charge in [0.05, 0.1) is 6.61 Å². The Bertz CT molecular complexity index is 424. The second kappa shape index (κ2) is 8.13. The number of carbonyl (C=O) groups excluding carboxylic acids is 1. The normalized spacial score (nSPS) is 9.56. The summed E-state index contributed by atoms with van der Waals surface area (Å²) < 4.78 is 4.97. The standard InChI is InChI=1S/C14H18N2O2/c1-3-5-6-7-10-15-13-12(9-8-11-16-13)14(17)18-4-2/h1,8-9,11H,4-7,10H2,2H3,(H,15,16). The van der Waals surface area contributed by atoms with E-state index in [1.807, 2.05) is 0 Å². The molecule has 0 amide bonds. The predicted molar refractivity (Wildman–Crippen MR) is 71.4 cm³/mol. The zero-order chi connectivity index (χ0) is 13.2. The number of rotatable bonds is 7. The number of nitrogens with one attached hydrogen (secondary N) is 1. The van der Waals surface area contributed by atoms with Crippen molar-refractivity contribution in [2.75, 3.05) is 18.5 Å². The minimum atomic E-state index is -0.350. The maximum Gasteiger partial charge on any atom is 0.341 e. The number of hydrogen-bond acceptors (Lipinski definition) is 4. The third kappa shape index (κ3) is 4.46. The highest BCUT2D eigenvalue weighted by Crippen LogP contribution is 2.13. The highest BCUT2D eigenvalue weighted by Gasteiger charge is 2.12. The summed E-state index contributed by atoms with van der Waals surface area (Å²) in [7, 11) is 0. The van der Waals surface area contributed by atoms with E-state index in [1.165, 1.54) is 0 Å². The summed E-state index contributed by atoms with van der Waals surface area (Å²) in [5, 5.41) is 3.13. The second-order valence-electron chi connectivity index (χ2n) is 3.71. The molecule has 0 atom stereocenters. The number of ether oxygens (including phenoxy) is 1. The lowest BCUT2D eigenvalue weighted by molar-refractivity contribution is 0.0527. The molecule has 4 heteroatoms. The SMILES string of the molecule is C#CCCCCNc1ncccc1C(=O)OCC. The van der Waals surface area contributed by atoms with Crippen LogP contribution >= 0.6 is 0 Å². The number of esters is 1. The Morgan fingerprint density at radius 2 is 2.39 bits per heavy atom. The van der Waals surface area contributed by atoms with Crippen molar-refractivity contribution in [1.29, 1.82) is 0 Å². The molecule has 96 valence electrons. The van der Waals surface area contributed by atoms with Crippen molar-refractivity contribution in [1.82, 2.24) is 4.98 Å². The summed E-state index contributed by atoms with van der Waals surface area (Å²) in [6.45, 7) is 2.88. The first-order chi connectivity index (χ1) is 8.79. The van der Waals surface area contributed by atoms with Gasteiger partial charge < -0.3 is 10.1 Å². The molecule has 1 aromatic rings. The molecule has 18 heavy (non-hydrogen) atoms. The molecule has 0 saturated heterocycles. The summed E-state index contributed by atoms with van der Waals surface area (Å²) in [6, 6.07) is 3.42. The zero-order valence-corrected chi connectivity index (χ0v) is 10.6. The van der Waals surface area contributed by atoms with Crippen LogP contribution in [0.25, 0.3) is 0 Å². The van der Waals surface area contributed by atoms with Gasteiger partial charge in [-0.15, -0.1) is 12.3 Å². The van der Waals surface area contributed by atoms with E-state index in [0.29, 0.717) is 18.0 Å². The third-order valence-electron chi connectivity index (χ3n) is 2.34. The maximum atomic E-state index is 11.7. The fourth-order valence-corrected chi connectivity index (χ4v) is 1.48. The molecule has 0 bridgehead atoms. The molecule has 1 aromatic heterocycles. The molecule has 0 aliphatic rings. The van der Waals surface area contributed by atoms with Crippen molar-refractivity contribution in [2.24, 2.45) is 0 Å². The van der Waals surface area contributed by atoms with Crippen molar-refractivity contribution in [3.05, 3.63) is 23.9 Å². The molecular formula is C14H18N2O2. The minimum Gasteiger partial charge on any atom is -0.462 e.